The lowest BCUT2D eigenvalue weighted by Gasteiger charge is -2.30. The lowest BCUT2D eigenvalue weighted by atomic mass is 9.86. The Balaban J connectivity index is 1.60. The second-order valence-corrected chi connectivity index (χ2v) is 9.58. The van der Waals surface area contributed by atoms with E-state index in [1.165, 1.54) is 12.8 Å². The van der Waals surface area contributed by atoms with Crippen molar-refractivity contribution in [2.24, 2.45) is 0 Å². The molecule has 0 radical (unpaired) electrons. The number of pyridine rings is 1. The first kappa shape index (κ1) is 22.0. The maximum atomic E-state index is 12.6. The fourth-order valence-corrected chi connectivity index (χ4v) is 5.61. The summed E-state index contributed by atoms with van der Waals surface area (Å²) in [6.45, 7) is 5.46. The van der Waals surface area contributed by atoms with Gasteiger partial charge in [-0.05, 0) is 51.5 Å². The number of nitrogen functional groups attached to an aromatic ring is 1. The topological polar surface area (TPSA) is 118 Å². The standard InChI is InChI=1S/C25H32N6O2/c1-4-25(33,5-2)20-9-6-15(12-27-20)19-13-28-31-23(26)21(14(3)32)22(30-24(19)31)16-10-17-7-8-18(11-16)29-17/h6,9,12-13,16-18,29,33H,4-5,7-8,10-11,26H2,1-3H3/t16-,17-,18?/m0/s1. The Morgan fingerprint density at radius 2 is 1.91 bits per heavy atom. The lowest BCUT2D eigenvalue weighted by Crippen LogP contribution is -2.38. The van der Waals surface area contributed by atoms with E-state index in [0.717, 1.165) is 29.7 Å². The van der Waals surface area contributed by atoms with Gasteiger partial charge in [-0.1, -0.05) is 19.9 Å². The third kappa shape index (κ3) is 3.61. The van der Waals surface area contributed by atoms with Crippen molar-refractivity contribution in [1.29, 1.82) is 0 Å². The molecule has 0 aliphatic carbocycles. The molecular formula is C25H32N6O2. The number of fused-ring (bicyclic) bond motifs is 3. The molecule has 3 aromatic heterocycles. The lowest BCUT2D eigenvalue weighted by molar-refractivity contribution is 0.0240. The molecule has 4 N–H and O–H groups in total. The van der Waals surface area contributed by atoms with E-state index < -0.39 is 5.60 Å². The van der Waals surface area contributed by atoms with Crippen LogP contribution in [0.25, 0.3) is 16.8 Å². The fourth-order valence-electron chi connectivity index (χ4n) is 5.61. The second kappa shape index (κ2) is 8.18. The molecule has 3 aromatic rings. The van der Waals surface area contributed by atoms with E-state index in [1.54, 1.807) is 23.8 Å². The maximum absolute atomic E-state index is 12.6. The molecule has 3 atom stereocenters. The van der Waals surface area contributed by atoms with Crippen LogP contribution in [0.4, 0.5) is 5.82 Å². The number of rotatable bonds is 6. The Morgan fingerprint density at radius 3 is 2.48 bits per heavy atom. The minimum Gasteiger partial charge on any atom is -0.384 e. The molecule has 1 unspecified atom stereocenters. The van der Waals surface area contributed by atoms with E-state index in [1.807, 2.05) is 26.0 Å². The van der Waals surface area contributed by atoms with Crippen molar-refractivity contribution >= 4 is 17.2 Å². The van der Waals surface area contributed by atoms with Crippen LogP contribution in [0.5, 0.6) is 0 Å². The van der Waals surface area contributed by atoms with Gasteiger partial charge in [-0.15, -0.1) is 0 Å². The number of nitrogens with zero attached hydrogens (tertiary/aromatic N) is 4. The van der Waals surface area contributed by atoms with Crippen molar-refractivity contribution in [3.8, 4) is 11.1 Å². The maximum Gasteiger partial charge on any atom is 0.165 e. The smallest absolute Gasteiger partial charge is 0.165 e. The van der Waals surface area contributed by atoms with E-state index in [-0.39, 0.29) is 11.7 Å². The highest BCUT2D eigenvalue weighted by Gasteiger charge is 2.37. The van der Waals surface area contributed by atoms with Gasteiger partial charge in [0.1, 0.15) is 11.4 Å². The molecule has 0 amide bonds. The highest BCUT2D eigenvalue weighted by Crippen LogP contribution is 2.40. The van der Waals surface area contributed by atoms with E-state index in [9.17, 15) is 9.90 Å². The van der Waals surface area contributed by atoms with Crippen LogP contribution in [-0.2, 0) is 5.60 Å². The largest absolute Gasteiger partial charge is 0.384 e. The van der Waals surface area contributed by atoms with Crippen molar-refractivity contribution in [2.45, 2.75) is 82.9 Å². The third-order valence-electron chi connectivity index (χ3n) is 7.64. The van der Waals surface area contributed by atoms with Crippen molar-refractivity contribution in [2.75, 3.05) is 5.73 Å². The number of aliphatic hydroxyl groups is 1. The molecule has 0 saturated carbocycles. The van der Waals surface area contributed by atoms with E-state index in [2.05, 4.69) is 15.4 Å². The van der Waals surface area contributed by atoms with Gasteiger partial charge in [-0.25, -0.2) is 4.98 Å². The zero-order valence-corrected chi connectivity index (χ0v) is 19.5. The van der Waals surface area contributed by atoms with E-state index in [4.69, 9.17) is 10.7 Å². The molecule has 174 valence electrons. The zero-order valence-electron chi connectivity index (χ0n) is 19.5. The van der Waals surface area contributed by atoms with E-state index in [0.29, 0.717) is 47.6 Å². The van der Waals surface area contributed by atoms with Crippen LogP contribution in [-0.4, -0.2) is 42.6 Å². The molecule has 2 aliphatic heterocycles. The summed E-state index contributed by atoms with van der Waals surface area (Å²) in [7, 11) is 0. The zero-order chi connectivity index (χ0) is 23.3. The Kier molecular flexibility index (Phi) is 5.45. The number of aromatic nitrogens is 4. The van der Waals surface area contributed by atoms with Crippen LogP contribution in [0.3, 0.4) is 0 Å². The first-order valence-electron chi connectivity index (χ1n) is 12.0. The van der Waals surface area contributed by atoms with Crippen molar-refractivity contribution in [3.05, 3.63) is 41.5 Å². The molecule has 0 aromatic carbocycles. The number of carbonyl (C=O) groups excluding carboxylic acids is 1. The Morgan fingerprint density at radius 1 is 1.21 bits per heavy atom. The number of Topliss-reactive ketones (excluding diaryl/α,β-unsaturated/α-hetero) is 1. The molecule has 2 saturated heterocycles. The Labute approximate surface area is 193 Å². The average molecular weight is 449 g/mol. The normalized spacial score (nSPS) is 22.7. The van der Waals surface area contributed by atoms with Gasteiger partial charge in [0.25, 0.3) is 0 Å². The van der Waals surface area contributed by atoms with Gasteiger partial charge in [0.05, 0.1) is 23.1 Å². The van der Waals surface area contributed by atoms with Gasteiger partial charge in [-0.3, -0.25) is 9.78 Å². The molecule has 5 rings (SSSR count). The Hall–Kier alpha value is -2.84. The summed E-state index contributed by atoms with van der Waals surface area (Å²) in [6.07, 6.45) is 8.95. The summed E-state index contributed by atoms with van der Waals surface area (Å²) in [4.78, 5) is 22.2. The first-order valence-corrected chi connectivity index (χ1v) is 12.0. The van der Waals surface area contributed by atoms with Gasteiger partial charge in [0.15, 0.2) is 11.4 Å². The molecular weight excluding hydrogens is 416 g/mol. The number of anilines is 1. The van der Waals surface area contributed by atoms with Crippen LogP contribution in [0.15, 0.2) is 24.5 Å². The summed E-state index contributed by atoms with van der Waals surface area (Å²) in [5.74, 6) is 0.460. The minimum atomic E-state index is -0.930. The molecule has 0 spiro atoms. The number of nitrogens with two attached hydrogens (primary N) is 1. The SMILES string of the molecule is CCC(O)(CC)c1ccc(-c2cnn3c(N)c(C(C)=O)c([C@@H]4CC5CC[C@@H](C4)N5)nc23)cn1. The van der Waals surface area contributed by atoms with Crippen LogP contribution < -0.4 is 11.1 Å². The van der Waals surface area contributed by atoms with E-state index >= 15 is 0 Å². The number of nitrogens with one attached hydrogen (secondary N) is 1. The van der Waals surface area contributed by atoms with Gasteiger partial charge in [0, 0.05) is 35.3 Å². The third-order valence-corrected chi connectivity index (χ3v) is 7.64. The molecule has 2 aliphatic rings. The molecule has 8 nitrogen and oxygen atoms in total. The second-order valence-electron chi connectivity index (χ2n) is 9.58. The van der Waals surface area contributed by atoms with Gasteiger partial charge < -0.3 is 16.2 Å². The fraction of sp³-hybridized carbons (Fsp3) is 0.520. The van der Waals surface area contributed by atoms with Crippen LogP contribution in [0.1, 0.15) is 87.0 Å². The molecule has 5 heterocycles. The highest BCUT2D eigenvalue weighted by atomic mass is 16.3. The van der Waals surface area contributed by atoms with Crippen molar-refractivity contribution < 1.29 is 9.90 Å². The minimum absolute atomic E-state index is 0.0794. The molecule has 2 bridgehead atoms. The molecule has 8 heteroatoms. The number of carbonyl (C=O) groups is 1. The first-order chi connectivity index (χ1) is 15.8. The predicted molar refractivity (Wildman–Crippen MR) is 127 cm³/mol. The van der Waals surface area contributed by atoms with Gasteiger partial charge in [-0.2, -0.15) is 9.61 Å². The van der Waals surface area contributed by atoms with Crippen molar-refractivity contribution in [3.63, 3.8) is 0 Å². The number of hydrogen-bond donors (Lipinski definition) is 3. The summed E-state index contributed by atoms with van der Waals surface area (Å²) in [6, 6.07) is 4.76. The van der Waals surface area contributed by atoms with Crippen LogP contribution >= 0.6 is 0 Å². The molecule has 33 heavy (non-hydrogen) atoms. The number of ketones is 1. The van der Waals surface area contributed by atoms with Gasteiger partial charge >= 0.3 is 0 Å². The summed E-state index contributed by atoms with van der Waals surface area (Å²) in [5.41, 5.74) is 9.81. The summed E-state index contributed by atoms with van der Waals surface area (Å²) in [5, 5.41) is 18.9. The quantitative estimate of drug-likeness (QED) is 0.493. The Bertz CT molecular complexity index is 1190. The summed E-state index contributed by atoms with van der Waals surface area (Å²) < 4.78 is 1.56. The highest BCUT2D eigenvalue weighted by molar-refractivity contribution is 6.00. The average Bonchev–Trinajstić information content (AvgIpc) is 3.40. The number of hydrogen-bond acceptors (Lipinski definition) is 7. The number of piperidine rings is 1. The van der Waals surface area contributed by atoms with Crippen LogP contribution in [0.2, 0.25) is 0 Å². The van der Waals surface area contributed by atoms with Gasteiger partial charge in [0.2, 0.25) is 0 Å². The van der Waals surface area contributed by atoms with Crippen molar-refractivity contribution in [1.82, 2.24) is 24.9 Å². The monoisotopic (exact) mass is 448 g/mol. The molecule has 2 fully saturated rings. The van der Waals surface area contributed by atoms with Crippen LogP contribution in [0, 0.1) is 0 Å². The predicted octanol–water partition coefficient (Wildman–Crippen LogP) is 3.58. The summed E-state index contributed by atoms with van der Waals surface area (Å²) >= 11 is 0.